The molecule has 1 saturated heterocycles. The molecule has 1 aliphatic rings. The Morgan fingerprint density at radius 3 is 2.56 bits per heavy atom. The van der Waals surface area contributed by atoms with E-state index in [4.69, 9.17) is 9.94 Å². The molecule has 0 bridgehead atoms. The van der Waals surface area contributed by atoms with Gasteiger partial charge in [0, 0.05) is 18.9 Å². The molecule has 0 saturated carbocycles. The predicted molar refractivity (Wildman–Crippen MR) is 88.0 cm³/mol. The molecule has 1 aliphatic heterocycles. The Morgan fingerprint density at radius 1 is 1.28 bits per heavy atom. The van der Waals surface area contributed by atoms with E-state index >= 15 is 0 Å². The van der Waals surface area contributed by atoms with Crippen LogP contribution in [-0.4, -0.2) is 39.1 Å². The van der Waals surface area contributed by atoms with Crippen molar-refractivity contribution in [3.63, 3.8) is 0 Å². The molecule has 3 rings (SSSR count). The number of pyridine rings is 1. The lowest BCUT2D eigenvalue weighted by Gasteiger charge is -2.20. The van der Waals surface area contributed by atoms with Gasteiger partial charge >= 0.3 is 6.03 Å². The molecule has 1 aromatic carbocycles. The van der Waals surface area contributed by atoms with Crippen LogP contribution in [0, 0.1) is 0 Å². The molecular formula is C17H18N4O4. The minimum atomic E-state index is -1.16. The third-order valence-electron chi connectivity index (χ3n) is 3.96. The first kappa shape index (κ1) is 16.7. The standard InChI is InChI=1S/C17H18N4O4/c1-17(15(22)20-24)11-21(16(23)19-17)10-12-2-4-13(5-3-12)25-14-6-8-18-9-7-14/h2-9,24H,10-11H2,1H3,(H,19,23)(H,20,22)/t17-/m1/s1. The molecule has 130 valence electrons. The number of ether oxygens (including phenoxy) is 1. The molecule has 3 amide bonds. The van der Waals surface area contributed by atoms with E-state index in [1.54, 1.807) is 36.9 Å². The number of nitrogens with zero attached hydrogens (tertiary/aromatic N) is 2. The second kappa shape index (κ2) is 6.78. The molecule has 3 N–H and O–H groups in total. The number of hydrogen-bond acceptors (Lipinski definition) is 5. The van der Waals surface area contributed by atoms with Crippen LogP contribution in [0.2, 0.25) is 0 Å². The third-order valence-corrected chi connectivity index (χ3v) is 3.96. The van der Waals surface area contributed by atoms with E-state index < -0.39 is 11.4 Å². The lowest BCUT2D eigenvalue weighted by molar-refractivity contribution is -0.134. The van der Waals surface area contributed by atoms with Crippen molar-refractivity contribution >= 4 is 11.9 Å². The van der Waals surface area contributed by atoms with Crippen LogP contribution in [0.3, 0.4) is 0 Å². The van der Waals surface area contributed by atoms with E-state index in [2.05, 4.69) is 10.3 Å². The lowest BCUT2D eigenvalue weighted by atomic mass is 10.0. The van der Waals surface area contributed by atoms with E-state index in [9.17, 15) is 9.59 Å². The zero-order chi connectivity index (χ0) is 17.9. The van der Waals surface area contributed by atoms with Crippen LogP contribution in [0.15, 0.2) is 48.8 Å². The first-order valence-corrected chi connectivity index (χ1v) is 7.69. The average molecular weight is 342 g/mol. The predicted octanol–water partition coefficient (Wildman–Crippen LogP) is 1.66. The summed E-state index contributed by atoms with van der Waals surface area (Å²) in [7, 11) is 0. The smallest absolute Gasteiger partial charge is 0.318 e. The maximum atomic E-state index is 12.0. The number of hydrogen-bond donors (Lipinski definition) is 3. The van der Waals surface area contributed by atoms with Gasteiger partial charge in [-0.1, -0.05) is 12.1 Å². The Hall–Kier alpha value is -3.13. The second-order valence-electron chi connectivity index (χ2n) is 5.99. The molecule has 2 heterocycles. The minimum Gasteiger partial charge on any atom is -0.457 e. The van der Waals surface area contributed by atoms with Crippen molar-refractivity contribution in [2.75, 3.05) is 6.54 Å². The van der Waals surface area contributed by atoms with Gasteiger partial charge in [0.2, 0.25) is 0 Å². The number of rotatable bonds is 5. The quantitative estimate of drug-likeness (QED) is 0.566. The molecule has 1 fully saturated rings. The fraction of sp³-hybridized carbons (Fsp3) is 0.235. The highest BCUT2D eigenvalue weighted by atomic mass is 16.5. The Kier molecular flexibility index (Phi) is 4.53. The summed E-state index contributed by atoms with van der Waals surface area (Å²) in [6, 6.07) is 10.5. The van der Waals surface area contributed by atoms with Crippen LogP contribution in [0.1, 0.15) is 12.5 Å². The number of carbonyl (C=O) groups excluding carboxylic acids is 2. The van der Waals surface area contributed by atoms with Gasteiger partial charge in [-0.15, -0.1) is 0 Å². The number of nitrogens with one attached hydrogen (secondary N) is 2. The van der Waals surface area contributed by atoms with Gasteiger partial charge in [0.1, 0.15) is 17.0 Å². The number of carbonyl (C=O) groups is 2. The highest BCUT2D eigenvalue weighted by Gasteiger charge is 2.44. The Bertz CT molecular complexity index is 766. The lowest BCUT2D eigenvalue weighted by Crippen LogP contribution is -2.53. The molecular weight excluding hydrogens is 324 g/mol. The van der Waals surface area contributed by atoms with E-state index in [0.717, 1.165) is 5.56 Å². The van der Waals surface area contributed by atoms with Crippen LogP contribution in [0.5, 0.6) is 11.5 Å². The Balaban J connectivity index is 1.64. The summed E-state index contributed by atoms with van der Waals surface area (Å²) >= 11 is 0. The van der Waals surface area contributed by atoms with Crippen molar-refractivity contribution in [3.05, 3.63) is 54.4 Å². The minimum absolute atomic E-state index is 0.160. The van der Waals surface area contributed by atoms with Crippen molar-refractivity contribution in [1.82, 2.24) is 20.7 Å². The van der Waals surface area contributed by atoms with Crippen molar-refractivity contribution < 1.29 is 19.5 Å². The van der Waals surface area contributed by atoms with Crippen LogP contribution < -0.4 is 15.5 Å². The van der Waals surface area contributed by atoms with E-state index in [-0.39, 0.29) is 12.6 Å². The summed E-state index contributed by atoms with van der Waals surface area (Å²) in [5.41, 5.74) is 1.32. The normalized spacial score (nSPS) is 19.4. The highest BCUT2D eigenvalue weighted by molar-refractivity contribution is 5.93. The molecule has 2 aromatic rings. The molecule has 0 aliphatic carbocycles. The summed E-state index contributed by atoms with van der Waals surface area (Å²) in [5.74, 6) is 0.710. The molecule has 8 heteroatoms. The number of urea groups is 1. The maximum absolute atomic E-state index is 12.0. The Labute approximate surface area is 144 Å². The first-order valence-electron chi connectivity index (χ1n) is 7.69. The topological polar surface area (TPSA) is 104 Å². The summed E-state index contributed by atoms with van der Waals surface area (Å²) in [6.07, 6.45) is 3.30. The number of benzene rings is 1. The highest BCUT2D eigenvalue weighted by Crippen LogP contribution is 2.23. The number of amides is 3. The second-order valence-corrected chi connectivity index (χ2v) is 5.99. The van der Waals surface area contributed by atoms with Crippen LogP contribution in [0.4, 0.5) is 4.79 Å². The molecule has 0 unspecified atom stereocenters. The van der Waals surface area contributed by atoms with Gasteiger partial charge in [-0.05, 0) is 36.8 Å². The van der Waals surface area contributed by atoms with Crippen molar-refractivity contribution in [3.8, 4) is 11.5 Å². The van der Waals surface area contributed by atoms with Gasteiger partial charge in [-0.2, -0.15) is 0 Å². The SMILES string of the molecule is C[C@]1(C(=O)NO)CN(Cc2ccc(Oc3ccncc3)cc2)C(=O)N1. The van der Waals surface area contributed by atoms with E-state index in [1.165, 1.54) is 4.90 Å². The summed E-state index contributed by atoms with van der Waals surface area (Å²) in [6.45, 7) is 2.06. The van der Waals surface area contributed by atoms with Gasteiger partial charge in [0.05, 0.1) is 6.54 Å². The van der Waals surface area contributed by atoms with Crippen molar-refractivity contribution in [2.24, 2.45) is 0 Å². The van der Waals surface area contributed by atoms with E-state index in [0.29, 0.717) is 18.0 Å². The van der Waals surface area contributed by atoms with Gasteiger partial charge < -0.3 is 15.0 Å². The van der Waals surface area contributed by atoms with Gasteiger partial charge in [0.15, 0.2) is 0 Å². The molecule has 0 spiro atoms. The number of hydroxylamine groups is 1. The van der Waals surface area contributed by atoms with Crippen molar-refractivity contribution in [1.29, 1.82) is 0 Å². The van der Waals surface area contributed by atoms with Gasteiger partial charge in [-0.3, -0.25) is 15.0 Å². The maximum Gasteiger partial charge on any atom is 0.318 e. The van der Waals surface area contributed by atoms with Crippen molar-refractivity contribution in [2.45, 2.75) is 19.0 Å². The first-order chi connectivity index (χ1) is 12.0. The average Bonchev–Trinajstić information content (AvgIpc) is 2.91. The molecule has 8 nitrogen and oxygen atoms in total. The van der Waals surface area contributed by atoms with Crippen LogP contribution >= 0.6 is 0 Å². The fourth-order valence-corrected chi connectivity index (χ4v) is 2.61. The zero-order valence-electron chi connectivity index (χ0n) is 13.6. The van der Waals surface area contributed by atoms with Gasteiger partial charge in [0.25, 0.3) is 5.91 Å². The number of aromatic nitrogens is 1. The summed E-state index contributed by atoms with van der Waals surface area (Å²) in [4.78, 5) is 29.2. The summed E-state index contributed by atoms with van der Waals surface area (Å²) < 4.78 is 5.69. The van der Waals surface area contributed by atoms with Gasteiger partial charge in [-0.25, -0.2) is 10.3 Å². The molecule has 1 atom stereocenters. The van der Waals surface area contributed by atoms with E-state index in [1.807, 2.05) is 24.3 Å². The molecule has 25 heavy (non-hydrogen) atoms. The van der Waals surface area contributed by atoms with Crippen LogP contribution in [-0.2, 0) is 11.3 Å². The largest absolute Gasteiger partial charge is 0.457 e. The monoisotopic (exact) mass is 342 g/mol. The Morgan fingerprint density at radius 2 is 1.92 bits per heavy atom. The third kappa shape index (κ3) is 3.69. The zero-order valence-corrected chi connectivity index (χ0v) is 13.6. The fourth-order valence-electron chi connectivity index (χ4n) is 2.61. The van der Waals surface area contributed by atoms with Crippen LogP contribution in [0.25, 0.3) is 0 Å². The summed E-state index contributed by atoms with van der Waals surface area (Å²) in [5, 5.41) is 11.4. The molecule has 1 aromatic heterocycles. The molecule has 0 radical (unpaired) electrons.